The number of ether oxygens (including phenoxy) is 2. The number of benzene rings is 2. The molecule has 1 aliphatic rings. The molecule has 1 aromatic heterocycles. The summed E-state index contributed by atoms with van der Waals surface area (Å²) in [5, 5.41) is 4.20. The summed E-state index contributed by atoms with van der Waals surface area (Å²) < 4.78 is 39.6. The highest BCUT2D eigenvalue weighted by molar-refractivity contribution is 5.91. The van der Waals surface area contributed by atoms with Crippen molar-refractivity contribution in [1.82, 2.24) is 14.9 Å². The zero-order valence-corrected chi connectivity index (χ0v) is 22.5. The molecule has 2 heterocycles. The lowest BCUT2D eigenvalue weighted by Gasteiger charge is -2.32. The Morgan fingerprint density at radius 3 is 2.53 bits per heavy atom. The fourth-order valence-electron chi connectivity index (χ4n) is 5.09. The second-order valence-corrected chi connectivity index (χ2v) is 9.90. The zero-order valence-electron chi connectivity index (χ0n) is 22.5. The summed E-state index contributed by atoms with van der Waals surface area (Å²) in [5.41, 5.74) is 8.40. The van der Waals surface area contributed by atoms with E-state index in [0.717, 1.165) is 29.5 Å². The summed E-state index contributed by atoms with van der Waals surface area (Å²) in [6.45, 7) is 5.93. The van der Waals surface area contributed by atoms with E-state index in [9.17, 15) is 13.6 Å². The molecule has 1 atom stereocenters. The summed E-state index contributed by atoms with van der Waals surface area (Å²) in [5.74, 6) is -0.953. The number of carbonyl (C=O) groups is 1. The van der Waals surface area contributed by atoms with Crippen molar-refractivity contribution in [3.05, 3.63) is 52.8 Å². The van der Waals surface area contributed by atoms with Crippen molar-refractivity contribution in [2.24, 2.45) is 0 Å². The van der Waals surface area contributed by atoms with Crippen LogP contribution >= 0.6 is 0 Å². The Morgan fingerprint density at radius 1 is 1.18 bits per heavy atom. The number of nitrogens with two attached hydrogens (primary N) is 1. The number of hydrogen-bond acceptors (Lipinski definition) is 7. The van der Waals surface area contributed by atoms with Crippen LogP contribution in [-0.4, -0.2) is 54.7 Å². The Balaban J connectivity index is 1.69. The average Bonchev–Trinajstić information content (AvgIpc) is 2.87. The predicted molar refractivity (Wildman–Crippen MR) is 144 cm³/mol. The van der Waals surface area contributed by atoms with E-state index in [1.54, 1.807) is 27.0 Å². The molecule has 8 nitrogen and oxygen atoms in total. The molecule has 3 N–H and O–H groups in total. The van der Waals surface area contributed by atoms with Crippen molar-refractivity contribution < 1.29 is 23.0 Å². The fraction of sp³-hybridized carbons (Fsp3) is 0.464. The molecular weight excluding hydrogens is 492 g/mol. The number of aryl methyl sites for hydroxylation is 1. The Morgan fingerprint density at radius 2 is 1.89 bits per heavy atom. The number of hydrogen-bond donors (Lipinski definition) is 2. The molecule has 0 bridgehead atoms. The molecule has 2 aromatic carbocycles. The number of carbonyl (C=O) groups excluding carboxylic acids is 1. The number of anilines is 2. The van der Waals surface area contributed by atoms with Crippen LogP contribution in [0.3, 0.4) is 0 Å². The van der Waals surface area contributed by atoms with E-state index in [2.05, 4.69) is 15.3 Å². The highest BCUT2D eigenvalue weighted by atomic mass is 19.3. The molecule has 0 aliphatic carbocycles. The van der Waals surface area contributed by atoms with E-state index in [1.165, 1.54) is 19.2 Å². The van der Waals surface area contributed by atoms with Crippen LogP contribution in [0, 0.1) is 6.92 Å². The number of likely N-dealkylation sites (tertiary alicyclic amines) is 1. The third-order valence-electron chi connectivity index (χ3n) is 7.12. The second-order valence-electron chi connectivity index (χ2n) is 9.90. The summed E-state index contributed by atoms with van der Waals surface area (Å²) in [6, 6.07) is 7.98. The summed E-state index contributed by atoms with van der Waals surface area (Å²) in [6.07, 6.45) is 1.66. The van der Waals surface area contributed by atoms with Crippen LogP contribution in [0.1, 0.15) is 61.2 Å². The van der Waals surface area contributed by atoms with E-state index in [4.69, 9.17) is 15.2 Å². The Labute approximate surface area is 221 Å². The van der Waals surface area contributed by atoms with Gasteiger partial charge in [-0.3, -0.25) is 4.79 Å². The van der Waals surface area contributed by atoms with Crippen LogP contribution in [0.4, 0.5) is 20.3 Å². The van der Waals surface area contributed by atoms with Gasteiger partial charge in [0.2, 0.25) is 5.91 Å². The fourth-order valence-corrected chi connectivity index (χ4v) is 5.09. The van der Waals surface area contributed by atoms with Crippen molar-refractivity contribution in [3.8, 4) is 5.75 Å². The lowest BCUT2D eigenvalue weighted by molar-refractivity contribution is -0.129. The standard InChI is InChI=1S/C28H35F2N5O3/c1-16(20-10-21(12-22(31)11-20)28(29,30)15-37-4)32-27-24-13-23(19-6-8-35(9-7-19)18(3)36)26(38-5)14-25(24)33-17(2)34-27/h10-14,16,19H,6-9,15,31H2,1-5H3,(H,32,33,34)/t16-/m1/s1. The summed E-state index contributed by atoms with van der Waals surface area (Å²) >= 11 is 0. The van der Waals surface area contributed by atoms with Crippen LogP contribution in [0.5, 0.6) is 5.75 Å². The lowest BCUT2D eigenvalue weighted by Crippen LogP contribution is -2.36. The van der Waals surface area contributed by atoms with Gasteiger partial charge in [-0.1, -0.05) is 0 Å². The third kappa shape index (κ3) is 5.80. The molecule has 1 amide bonds. The molecule has 0 radical (unpaired) electrons. The second kappa shape index (κ2) is 11.1. The molecule has 0 spiro atoms. The van der Waals surface area contributed by atoms with Gasteiger partial charge in [-0.2, -0.15) is 8.78 Å². The summed E-state index contributed by atoms with van der Waals surface area (Å²) in [7, 11) is 2.88. The average molecular weight is 528 g/mol. The first-order valence-electron chi connectivity index (χ1n) is 12.7. The number of piperidine rings is 1. The van der Waals surface area contributed by atoms with Crippen LogP contribution in [-0.2, 0) is 15.5 Å². The van der Waals surface area contributed by atoms with E-state index in [1.807, 2.05) is 24.0 Å². The van der Waals surface area contributed by atoms with E-state index in [0.29, 0.717) is 35.8 Å². The van der Waals surface area contributed by atoms with Gasteiger partial charge in [0.1, 0.15) is 24.0 Å². The van der Waals surface area contributed by atoms with Crippen molar-refractivity contribution in [1.29, 1.82) is 0 Å². The highest BCUT2D eigenvalue weighted by Gasteiger charge is 2.32. The van der Waals surface area contributed by atoms with Gasteiger partial charge in [-0.15, -0.1) is 0 Å². The molecule has 10 heteroatoms. The molecule has 0 saturated carbocycles. The number of amides is 1. The van der Waals surface area contributed by atoms with Gasteiger partial charge in [-0.05, 0) is 68.0 Å². The third-order valence-corrected chi connectivity index (χ3v) is 7.12. The highest BCUT2D eigenvalue weighted by Crippen LogP contribution is 2.39. The van der Waals surface area contributed by atoms with Gasteiger partial charge in [-0.25, -0.2) is 9.97 Å². The van der Waals surface area contributed by atoms with Crippen LogP contribution in [0.25, 0.3) is 10.9 Å². The maximum atomic E-state index is 14.6. The number of nitrogens with one attached hydrogen (secondary N) is 1. The number of nitrogen functional groups attached to an aromatic ring is 1. The van der Waals surface area contributed by atoms with Gasteiger partial charge < -0.3 is 25.4 Å². The summed E-state index contributed by atoms with van der Waals surface area (Å²) in [4.78, 5) is 22.9. The number of rotatable bonds is 8. The molecule has 0 unspecified atom stereocenters. The predicted octanol–water partition coefficient (Wildman–Crippen LogP) is 5.17. The van der Waals surface area contributed by atoms with Gasteiger partial charge in [0.25, 0.3) is 5.92 Å². The zero-order chi connectivity index (χ0) is 27.6. The monoisotopic (exact) mass is 527 g/mol. The lowest BCUT2D eigenvalue weighted by atomic mass is 9.88. The first-order chi connectivity index (χ1) is 18.0. The molecule has 1 aliphatic heterocycles. The topological polar surface area (TPSA) is 103 Å². The maximum Gasteiger partial charge on any atom is 0.296 e. The first kappa shape index (κ1) is 27.5. The molecule has 1 saturated heterocycles. The smallest absolute Gasteiger partial charge is 0.296 e. The minimum Gasteiger partial charge on any atom is -0.496 e. The minimum atomic E-state index is -3.17. The molecule has 204 valence electrons. The molecule has 4 rings (SSSR count). The minimum absolute atomic E-state index is 0.0861. The molecule has 1 fully saturated rings. The van der Waals surface area contributed by atoms with Crippen LogP contribution in [0.15, 0.2) is 30.3 Å². The number of nitrogens with zero attached hydrogens (tertiary/aromatic N) is 3. The van der Waals surface area contributed by atoms with Gasteiger partial charge in [0.05, 0.1) is 18.7 Å². The van der Waals surface area contributed by atoms with Crippen molar-refractivity contribution in [3.63, 3.8) is 0 Å². The number of fused-ring (bicyclic) bond motifs is 1. The number of halogens is 2. The molecule has 3 aromatic rings. The molecular formula is C28H35F2N5O3. The van der Waals surface area contributed by atoms with Crippen molar-refractivity contribution in [2.75, 3.05) is 45.0 Å². The van der Waals surface area contributed by atoms with Gasteiger partial charge in [0, 0.05) is 49.8 Å². The van der Waals surface area contributed by atoms with Gasteiger partial charge >= 0.3 is 0 Å². The van der Waals surface area contributed by atoms with E-state index >= 15 is 0 Å². The molecule has 38 heavy (non-hydrogen) atoms. The maximum absolute atomic E-state index is 14.6. The number of aromatic nitrogens is 2. The van der Waals surface area contributed by atoms with E-state index in [-0.39, 0.29) is 29.1 Å². The number of methoxy groups -OCH3 is 2. The van der Waals surface area contributed by atoms with E-state index < -0.39 is 12.5 Å². The normalized spacial score (nSPS) is 15.5. The Bertz CT molecular complexity index is 1330. The van der Waals surface area contributed by atoms with Crippen molar-refractivity contribution in [2.45, 2.75) is 51.5 Å². The largest absolute Gasteiger partial charge is 0.496 e. The first-order valence-corrected chi connectivity index (χ1v) is 12.7. The number of alkyl halides is 2. The quantitative estimate of drug-likeness (QED) is 0.390. The van der Waals surface area contributed by atoms with Crippen LogP contribution < -0.4 is 15.8 Å². The Kier molecular flexibility index (Phi) is 8.01. The van der Waals surface area contributed by atoms with Crippen molar-refractivity contribution >= 4 is 28.3 Å². The SMILES string of the molecule is COCC(F)(F)c1cc(N)cc([C@@H](C)Nc2nc(C)nc3cc(OC)c(C4CCN(C(C)=O)CC4)cc23)c1. The Hall–Kier alpha value is -3.53. The van der Waals surface area contributed by atoms with Crippen LogP contribution in [0.2, 0.25) is 0 Å². The van der Waals surface area contributed by atoms with Gasteiger partial charge in [0.15, 0.2) is 0 Å².